The van der Waals surface area contributed by atoms with Crippen LogP contribution in [-0.2, 0) is 4.79 Å². The normalized spacial score (nSPS) is 21.9. The maximum absolute atomic E-state index is 12.2. The molecule has 0 radical (unpaired) electrons. The summed E-state index contributed by atoms with van der Waals surface area (Å²) in [5.41, 5.74) is 1.74. The summed E-state index contributed by atoms with van der Waals surface area (Å²) in [6, 6.07) is 7.81. The van der Waals surface area contributed by atoms with E-state index in [-0.39, 0.29) is 17.9 Å². The predicted octanol–water partition coefficient (Wildman–Crippen LogP) is 2.28. The van der Waals surface area contributed by atoms with Crippen molar-refractivity contribution in [1.29, 1.82) is 0 Å². The number of oxazole rings is 1. The highest BCUT2D eigenvalue weighted by molar-refractivity contribution is 5.93. The first kappa shape index (κ1) is 12.9. The fourth-order valence-electron chi connectivity index (χ4n) is 2.53. The Morgan fingerprint density at radius 3 is 2.80 bits per heavy atom. The lowest BCUT2D eigenvalue weighted by Crippen LogP contribution is -2.32. The van der Waals surface area contributed by atoms with E-state index < -0.39 is 0 Å². The van der Waals surface area contributed by atoms with Crippen LogP contribution in [0.15, 0.2) is 41.3 Å². The molecule has 1 aromatic heterocycles. The Hall–Kier alpha value is -2.14. The smallest absolute Gasteiger partial charge is 0.229 e. The molecule has 0 bridgehead atoms. The van der Waals surface area contributed by atoms with Crippen LogP contribution in [0.3, 0.4) is 0 Å². The first-order chi connectivity index (χ1) is 9.74. The molecule has 0 aliphatic carbocycles. The molecule has 1 saturated heterocycles. The predicted molar refractivity (Wildman–Crippen MR) is 76.1 cm³/mol. The number of nitrogens with one attached hydrogen (secondary N) is 2. The number of nitrogens with zero attached hydrogens (tertiary/aromatic N) is 1. The second-order valence-corrected chi connectivity index (χ2v) is 5.07. The number of carbonyl (C=O) groups excluding carboxylic acids is 1. The van der Waals surface area contributed by atoms with E-state index in [1.54, 1.807) is 6.20 Å². The Labute approximate surface area is 117 Å². The second kappa shape index (κ2) is 5.46. The summed E-state index contributed by atoms with van der Waals surface area (Å²) >= 11 is 0. The van der Waals surface area contributed by atoms with Crippen LogP contribution in [0, 0.1) is 5.92 Å². The van der Waals surface area contributed by atoms with Crippen molar-refractivity contribution < 1.29 is 9.21 Å². The number of carbonyl (C=O) groups is 1. The maximum Gasteiger partial charge on any atom is 0.229 e. The van der Waals surface area contributed by atoms with Gasteiger partial charge in [0.15, 0.2) is 12.2 Å². The van der Waals surface area contributed by atoms with E-state index in [0.717, 1.165) is 30.0 Å². The molecule has 20 heavy (non-hydrogen) atoms. The maximum atomic E-state index is 12.2. The Bertz CT molecular complexity index is 578. The van der Waals surface area contributed by atoms with Crippen molar-refractivity contribution in [2.24, 2.45) is 5.92 Å². The lowest BCUT2D eigenvalue weighted by atomic mass is 10.0. The minimum atomic E-state index is 0.0453. The molecule has 2 N–H and O–H groups in total. The monoisotopic (exact) mass is 271 g/mol. The van der Waals surface area contributed by atoms with E-state index in [2.05, 4.69) is 15.6 Å². The standard InChI is InChI=1S/C15H17N3O2/c1-10-13(6-7-17-10)15(19)18-12-4-2-11(3-5-12)14-8-16-9-20-14/h2-5,8-10,13,17H,6-7H2,1H3,(H,18,19). The summed E-state index contributed by atoms with van der Waals surface area (Å²) < 4.78 is 5.23. The first-order valence-electron chi connectivity index (χ1n) is 6.77. The van der Waals surface area contributed by atoms with Crippen molar-refractivity contribution in [3.05, 3.63) is 36.9 Å². The molecule has 2 heterocycles. The molecule has 1 amide bonds. The molecule has 1 aliphatic rings. The minimum absolute atomic E-state index is 0.0453. The van der Waals surface area contributed by atoms with Gasteiger partial charge in [-0.1, -0.05) is 0 Å². The van der Waals surface area contributed by atoms with Gasteiger partial charge in [0.2, 0.25) is 5.91 Å². The fourth-order valence-corrected chi connectivity index (χ4v) is 2.53. The van der Waals surface area contributed by atoms with Crippen molar-refractivity contribution in [3.63, 3.8) is 0 Å². The van der Waals surface area contributed by atoms with Crippen LogP contribution in [0.1, 0.15) is 13.3 Å². The molecule has 0 saturated carbocycles. The number of rotatable bonds is 3. The number of aromatic nitrogens is 1. The van der Waals surface area contributed by atoms with Gasteiger partial charge in [0.05, 0.1) is 12.1 Å². The topological polar surface area (TPSA) is 67.2 Å². The van der Waals surface area contributed by atoms with Crippen LogP contribution in [0.4, 0.5) is 5.69 Å². The zero-order valence-corrected chi connectivity index (χ0v) is 11.3. The zero-order chi connectivity index (χ0) is 13.9. The molecule has 3 rings (SSSR count). The Balaban J connectivity index is 1.68. The van der Waals surface area contributed by atoms with Crippen LogP contribution in [0.5, 0.6) is 0 Å². The van der Waals surface area contributed by atoms with E-state index in [0.29, 0.717) is 0 Å². The molecule has 0 spiro atoms. The molecule has 2 aromatic rings. The first-order valence-corrected chi connectivity index (χ1v) is 6.77. The number of hydrogen-bond donors (Lipinski definition) is 2. The minimum Gasteiger partial charge on any atom is -0.444 e. The van der Waals surface area contributed by atoms with Crippen LogP contribution in [0.25, 0.3) is 11.3 Å². The van der Waals surface area contributed by atoms with Gasteiger partial charge >= 0.3 is 0 Å². The largest absolute Gasteiger partial charge is 0.444 e. The summed E-state index contributed by atoms with van der Waals surface area (Å²) in [6.45, 7) is 2.95. The average molecular weight is 271 g/mol. The lowest BCUT2D eigenvalue weighted by molar-refractivity contribution is -0.119. The molecular weight excluding hydrogens is 254 g/mol. The van der Waals surface area contributed by atoms with Gasteiger partial charge in [-0.25, -0.2) is 4.98 Å². The van der Waals surface area contributed by atoms with Crippen molar-refractivity contribution in [2.75, 3.05) is 11.9 Å². The molecule has 104 valence electrons. The molecule has 2 atom stereocenters. The third-order valence-electron chi connectivity index (χ3n) is 3.73. The third kappa shape index (κ3) is 2.58. The summed E-state index contributed by atoms with van der Waals surface area (Å²) in [4.78, 5) is 16.0. The van der Waals surface area contributed by atoms with Gasteiger partial charge in [-0.3, -0.25) is 4.79 Å². The van der Waals surface area contributed by atoms with E-state index in [1.165, 1.54) is 6.39 Å². The SMILES string of the molecule is CC1NCCC1C(=O)Nc1ccc(-c2cnco2)cc1. The van der Waals surface area contributed by atoms with E-state index in [4.69, 9.17) is 4.42 Å². The highest BCUT2D eigenvalue weighted by Gasteiger charge is 2.29. The van der Waals surface area contributed by atoms with Gasteiger partial charge < -0.3 is 15.1 Å². The number of amides is 1. The molecule has 2 unspecified atom stereocenters. The van der Waals surface area contributed by atoms with E-state index in [9.17, 15) is 4.79 Å². The van der Waals surface area contributed by atoms with Crippen LogP contribution < -0.4 is 10.6 Å². The quantitative estimate of drug-likeness (QED) is 0.898. The second-order valence-electron chi connectivity index (χ2n) is 5.07. The van der Waals surface area contributed by atoms with Gasteiger partial charge in [-0.15, -0.1) is 0 Å². The van der Waals surface area contributed by atoms with E-state index >= 15 is 0 Å². The molecule has 5 nitrogen and oxygen atoms in total. The molecule has 1 fully saturated rings. The highest BCUT2D eigenvalue weighted by Crippen LogP contribution is 2.22. The van der Waals surface area contributed by atoms with E-state index in [1.807, 2.05) is 31.2 Å². The summed E-state index contributed by atoms with van der Waals surface area (Å²) in [5, 5.41) is 6.25. The van der Waals surface area contributed by atoms with Gasteiger partial charge in [0, 0.05) is 17.3 Å². The lowest BCUT2D eigenvalue weighted by Gasteiger charge is -2.15. The third-order valence-corrected chi connectivity index (χ3v) is 3.73. The Morgan fingerprint density at radius 1 is 1.40 bits per heavy atom. The summed E-state index contributed by atoms with van der Waals surface area (Å²) in [7, 11) is 0. The molecule has 5 heteroatoms. The number of hydrogen-bond acceptors (Lipinski definition) is 4. The summed E-state index contributed by atoms with van der Waals surface area (Å²) in [5.74, 6) is 0.843. The Kier molecular flexibility index (Phi) is 3.52. The molecule has 1 aromatic carbocycles. The van der Waals surface area contributed by atoms with Gasteiger partial charge in [0.1, 0.15) is 0 Å². The van der Waals surface area contributed by atoms with Crippen molar-refractivity contribution in [2.45, 2.75) is 19.4 Å². The Morgan fingerprint density at radius 2 is 2.20 bits per heavy atom. The van der Waals surface area contributed by atoms with Crippen molar-refractivity contribution >= 4 is 11.6 Å². The average Bonchev–Trinajstić information content (AvgIpc) is 3.10. The van der Waals surface area contributed by atoms with Gasteiger partial charge in [-0.2, -0.15) is 0 Å². The number of benzene rings is 1. The summed E-state index contributed by atoms with van der Waals surface area (Å²) in [6.07, 6.45) is 3.96. The molecular formula is C15H17N3O2. The highest BCUT2D eigenvalue weighted by atomic mass is 16.3. The van der Waals surface area contributed by atoms with Crippen molar-refractivity contribution in [1.82, 2.24) is 10.3 Å². The van der Waals surface area contributed by atoms with Crippen LogP contribution in [-0.4, -0.2) is 23.5 Å². The van der Waals surface area contributed by atoms with Crippen molar-refractivity contribution in [3.8, 4) is 11.3 Å². The van der Waals surface area contributed by atoms with Crippen LogP contribution >= 0.6 is 0 Å². The number of anilines is 1. The van der Waals surface area contributed by atoms with Crippen LogP contribution in [0.2, 0.25) is 0 Å². The van der Waals surface area contributed by atoms with Gasteiger partial charge in [0.25, 0.3) is 0 Å². The zero-order valence-electron chi connectivity index (χ0n) is 11.3. The fraction of sp³-hybridized carbons (Fsp3) is 0.333. The molecule has 1 aliphatic heterocycles. The van der Waals surface area contributed by atoms with Gasteiger partial charge in [-0.05, 0) is 44.2 Å².